The van der Waals surface area contributed by atoms with E-state index in [1.165, 1.54) is 7.05 Å². The van der Waals surface area contributed by atoms with E-state index in [1.54, 1.807) is 12.1 Å². The number of benzene rings is 2. The van der Waals surface area contributed by atoms with Crippen molar-refractivity contribution in [3.63, 3.8) is 0 Å². The number of nitrogens with one attached hydrogen (secondary N) is 2. The number of aliphatic hydroxyl groups is 1. The molecule has 6 heteroatoms. The van der Waals surface area contributed by atoms with Gasteiger partial charge in [-0.05, 0) is 36.2 Å². The molecule has 116 valence electrons. The fourth-order valence-electron chi connectivity index (χ4n) is 2.05. The number of carbonyl (C=O) groups excluding carboxylic acids is 1. The van der Waals surface area contributed by atoms with Crippen molar-refractivity contribution in [2.45, 2.75) is 6.42 Å². The zero-order valence-electron chi connectivity index (χ0n) is 12.2. The minimum Gasteiger partial charge on any atom is -0.397 e. The van der Waals surface area contributed by atoms with E-state index in [9.17, 15) is 4.79 Å². The Labute approximate surface area is 134 Å². The summed E-state index contributed by atoms with van der Waals surface area (Å²) in [5, 5.41) is 14.9. The van der Waals surface area contributed by atoms with Crippen molar-refractivity contribution in [3.8, 4) is 0 Å². The van der Waals surface area contributed by atoms with E-state index in [-0.39, 0.29) is 12.5 Å². The highest BCUT2D eigenvalue weighted by atomic mass is 35.5. The average Bonchev–Trinajstić information content (AvgIpc) is 2.52. The van der Waals surface area contributed by atoms with Gasteiger partial charge in [-0.2, -0.15) is 0 Å². The third kappa shape index (κ3) is 3.69. The number of nitrogen functional groups attached to an aromatic ring is 1. The Hall–Kier alpha value is -2.24. The van der Waals surface area contributed by atoms with Crippen molar-refractivity contribution in [1.29, 1.82) is 0 Å². The molecule has 0 aromatic heterocycles. The lowest BCUT2D eigenvalue weighted by molar-refractivity contribution is 0.0963. The van der Waals surface area contributed by atoms with Gasteiger partial charge in [0.15, 0.2) is 0 Å². The third-order valence-electron chi connectivity index (χ3n) is 3.24. The number of carbonyl (C=O) groups is 1. The highest BCUT2D eigenvalue weighted by molar-refractivity contribution is 6.34. The smallest absolute Gasteiger partial charge is 0.252 e. The van der Waals surface area contributed by atoms with Gasteiger partial charge >= 0.3 is 0 Å². The molecule has 0 aliphatic rings. The van der Waals surface area contributed by atoms with Gasteiger partial charge in [0.25, 0.3) is 5.91 Å². The van der Waals surface area contributed by atoms with Crippen molar-refractivity contribution < 1.29 is 9.90 Å². The van der Waals surface area contributed by atoms with Gasteiger partial charge in [-0.15, -0.1) is 0 Å². The lowest BCUT2D eigenvalue weighted by Gasteiger charge is -2.12. The summed E-state index contributed by atoms with van der Waals surface area (Å²) in [5.74, 6) is -0.281. The average molecular weight is 320 g/mol. The van der Waals surface area contributed by atoms with E-state index in [0.29, 0.717) is 28.4 Å². The molecule has 0 aliphatic carbocycles. The molecule has 0 radical (unpaired) electrons. The van der Waals surface area contributed by atoms with Crippen LogP contribution in [0.4, 0.5) is 17.1 Å². The molecule has 5 nitrogen and oxygen atoms in total. The maximum Gasteiger partial charge on any atom is 0.252 e. The number of hydrogen-bond donors (Lipinski definition) is 4. The van der Waals surface area contributed by atoms with Crippen molar-refractivity contribution in [2.24, 2.45) is 0 Å². The van der Waals surface area contributed by atoms with Crippen LogP contribution >= 0.6 is 11.6 Å². The first kappa shape index (κ1) is 16.1. The zero-order chi connectivity index (χ0) is 16.1. The fraction of sp³-hybridized carbons (Fsp3) is 0.188. The number of hydrogen-bond acceptors (Lipinski definition) is 4. The number of halogens is 1. The molecular weight excluding hydrogens is 302 g/mol. The molecule has 2 rings (SSSR count). The van der Waals surface area contributed by atoms with E-state index in [2.05, 4.69) is 10.6 Å². The van der Waals surface area contributed by atoms with Gasteiger partial charge in [0.05, 0.1) is 22.0 Å². The molecule has 0 heterocycles. The molecule has 0 fully saturated rings. The van der Waals surface area contributed by atoms with Gasteiger partial charge in [0.1, 0.15) is 0 Å². The molecule has 0 saturated heterocycles. The summed E-state index contributed by atoms with van der Waals surface area (Å²) in [6, 6.07) is 10.8. The second-order valence-corrected chi connectivity index (χ2v) is 5.20. The van der Waals surface area contributed by atoms with Crippen LogP contribution < -0.4 is 16.4 Å². The van der Waals surface area contributed by atoms with Crippen molar-refractivity contribution in [1.82, 2.24) is 5.32 Å². The Balaban J connectivity index is 2.22. The first-order valence-corrected chi connectivity index (χ1v) is 7.21. The van der Waals surface area contributed by atoms with E-state index in [4.69, 9.17) is 22.4 Å². The molecule has 22 heavy (non-hydrogen) atoms. The predicted octanol–water partition coefficient (Wildman–Crippen LogP) is 2.56. The Morgan fingerprint density at radius 3 is 2.55 bits per heavy atom. The third-order valence-corrected chi connectivity index (χ3v) is 3.56. The lowest BCUT2D eigenvalue weighted by atomic mass is 10.1. The topological polar surface area (TPSA) is 87.4 Å². The summed E-state index contributed by atoms with van der Waals surface area (Å²) in [6.07, 6.45) is 0.620. The van der Waals surface area contributed by atoms with Crippen molar-refractivity contribution >= 4 is 34.6 Å². The van der Waals surface area contributed by atoms with E-state index >= 15 is 0 Å². The van der Waals surface area contributed by atoms with Crippen LogP contribution in [-0.2, 0) is 6.42 Å². The minimum absolute atomic E-state index is 0.121. The highest BCUT2D eigenvalue weighted by Gasteiger charge is 2.12. The van der Waals surface area contributed by atoms with Gasteiger partial charge in [-0.1, -0.05) is 23.7 Å². The van der Waals surface area contributed by atoms with Crippen LogP contribution in [0.2, 0.25) is 5.02 Å². The molecular formula is C16H18ClN3O2. The summed E-state index contributed by atoms with van der Waals surface area (Å²) >= 11 is 6.12. The van der Waals surface area contributed by atoms with Gasteiger partial charge < -0.3 is 21.5 Å². The second kappa shape index (κ2) is 7.15. The van der Waals surface area contributed by atoms with Gasteiger partial charge in [0.2, 0.25) is 0 Å². The number of amides is 1. The van der Waals surface area contributed by atoms with Crippen molar-refractivity contribution in [2.75, 3.05) is 24.7 Å². The molecule has 1 amide bonds. The second-order valence-electron chi connectivity index (χ2n) is 4.79. The lowest BCUT2D eigenvalue weighted by Crippen LogP contribution is -2.18. The van der Waals surface area contributed by atoms with Crippen LogP contribution in [0.25, 0.3) is 0 Å². The normalized spacial score (nSPS) is 10.3. The van der Waals surface area contributed by atoms with Gasteiger partial charge in [-0.3, -0.25) is 4.79 Å². The number of aliphatic hydroxyl groups excluding tert-OH is 1. The first-order valence-electron chi connectivity index (χ1n) is 6.83. The fourth-order valence-corrected chi connectivity index (χ4v) is 2.30. The van der Waals surface area contributed by atoms with Gasteiger partial charge in [-0.25, -0.2) is 0 Å². The van der Waals surface area contributed by atoms with Crippen LogP contribution in [0.1, 0.15) is 15.9 Å². The standard InChI is InChI=1S/C16H18ClN3O2/c1-19-16(22)12-8-14(18)15(9-13(12)17)20-11-4-2-10(3-5-11)6-7-21/h2-5,8-9,20-21H,6-7,18H2,1H3,(H,19,22). The van der Waals surface area contributed by atoms with E-state index < -0.39 is 0 Å². The Morgan fingerprint density at radius 1 is 1.27 bits per heavy atom. The first-order chi connectivity index (χ1) is 10.5. The SMILES string of the molecule is CNC(=O)c1cc(N)c(Nc2ccc(CCO)cc2)cc1Cl. The monoisotopic (exact) mass is 319 g/mol. The summed E-state index contributed by atoms with van der Waals surface area (Å²) in [6.45, 7) is 0.121. The molecule has 2 aromatic rings. The quantitative estimate of drug-likeness (QED) is 0.638. The van der Waals surface area contributed by atoms with Crippen LogP contribution in [0.15, 0.2) is 36.4 Å². The molecule has 2 aromatic carbocycles. The molecule has 0 bridgehead atoms. The summed E-state index contributed by atoms with van der Waals surface area (Å²) < 4.78 is 0. The zero-order valence-corrected chi connectivity index (χ0v) is 12.9. The van der Waals surface area contributed by atoms with Gasteiger partial charge in [0, 0.05) is 19.3 Å². The molecule has 0 saturated carbocycles. The van der Waals surface area contributed by atoms with Crippen LogP contribution in [0.3, 0.4) is 0 Å². The number of anilines is 3. The maximum atomic E-state index is 11.7. The predicted molar refractivity (Wildman–Crippen MR) is 89.8 cm³/mol. The Morgan fingerprint density at radius 2 is 1.95 bits per heavy atom. The summed E-state index contributed by atoms with van der Waals surface area (Å²) in [5.41, 5.74) is 9.27. The Bertz CT molecular complexity index is 672. The van der Waals surface area contributed by atoms with Crippen LogP contribution in [-0.4, -0.2) is 24.7 Å². The minimum atomic E-state index is -0.281. The van der Waals surface area contributed by atoms with E-state index in [0.717, 1.165) is 11.3 Å². The molecule has 5 N–H and O–H groups in total. The van der Waals surface area contributed by atoms with E-state index in [1.807, 2.05) is 24.3 Å². The summed E-state index contributed by atoms with van der Waals surface area (Å²) in [4.78, 5) is 11.7. The molecule has 0 atom stereocenters. The highest BCUT2D eigenvalue weighted by Crippen LogP contribution is 2.30. The Kier molecular flexibility index (Phi) is 5.25. The molecule has 0 spiro atoms. The summed E-state index contributed by atoms with van der Waals surface area (Å²) in [7, 11) is 1.54. The van der Waals surface area contributed by atoms with Crippen LogP contribution in [0, 0.1) is 0 Å². The number of rotatable bonds is 5. The maximum absolute atomic E-state index is 11.7. The largest absolute Gasteiger partial charge is 0.397 e. The molecule has 0 unspecified atom stereocenters. The molecule has 0 aliphatic heterocycles. The number of nitrogens with two attached hydrogens (primary N) is 1. The van der Waals surface area contributed by atoms with Crippen LogP contribution in [0.5, 0.6) is 0 Å². The van der Waals surface area contributed by atoms with Crippen molar-refractivity contribution in [3.05, 3.63) is 52.5 Å².